The van der Waals surface area contributed by atoms with Crippen molar-refractivity contribution in [2.75, 3.05) is 19.3 Å². The predicted molar refractivity (Wildman–Crippen MR) is 163 cm³/mol. The van der Waals surface area contributed by atoms with Gasteiger partial charge < -0.3 is 19.5 Å². The molecule has 41 heavy (non-hydrogen) atoms. The monoisotopic (exact) mass is 639 g/mol. The third-order valence-corrected chi connectivity index (χ3v) is 8.59. The molecular formula is C32H34BrNO6S. The van der Waals surface area contributed by atoms with Gasteiger partial charge in [-0.2, -0.15) is 0 Å². The third kappa shape index (κ3) is 7.32. The van der Waals surface area contributed by atoms with Crippen LogP contribution >= 0.6 is 27.7 Å². The number of carbonyl (C=O) groups is 3. The first-order valence-electron chi connectivity index (χ1n) is 13.3. The molecule has 0 unspecified atom stereocenters. The number of hydrogen-bond acceptors (Lipinski definition) is 6. The van der Waals surface area contributed by atoms with E-state index in [9.17, 15) is 19.5 Å². The van der Waals surface area contributed by atoms with E-state index in [-0.39, 0.29) is 18.2 Å². The van der Waals surface area contributed by atoms with Gasteiger partial charge >= 0.3 is 12.1 Å². The lowest BCUT2D eigenvalue weighted by molar-refractivity contribution is -0.152. The number of amides is 1. The Hall–Kier alpha value is -3.30. The molecule has 216 valence electrons. The Morgan fingerprint density at radius 2 is 1.61 bits per heavy atom. The van der Waals surface area contributed by atoms with Crippen LogP contribution in [0.1, 0.15) is 40.9 Å². The Kier molecular flexibility index (Phi) is 9.49. The van der Waals surface area contributed by atoms with Crippen LogP contribution in [-0.4, -0.2) is 52.8 Å². The number of benzene rings is 3. The summed E-state index contributed by atoms with van der Waals surface area (Å²) in [5.74, 6) is -0.625. The van der Waals surface area contributed by atoms with E-state index in [4.69, 9.17) is 9.47 Å². The number of halogens is 1. The Morgan fingerprint density at radius 1 is 1.00 bits per heavy atom. The zero-order valence-electron chi connectivity index (χ0n) is 23.8. The summed E-state index contributed by atoms with van der Waals surface area (Å²) in [5, 5.41) is 9.51. The number of likely N-dealkylation sites (tertiary alicyclic amines) is 1. The highest BCUT2D eigenvalue weighted by molar-refractivity contribution is 9.10. The van der Waals surface area contributed by atoms with Crippen LogP contribution in [0, 0.1) is 25.7 Å². The molecule has 1 N–H and O–H groups in total. The number of nitrogens with zero attached hydrogens (tertiary/aromatic N) is 1. The average molecular weight is 641 g/mol. The predicted octanol–water partition coefficient (Wildman–Crippen LogP) is 7.20. The fourth-order valence-electron chi connectivity index (χ4n) is 5.08. The molecule has 1 aliphatic heterocycles. The smallest absolute Gasteiger partial charge is 0.415 e. The first-order valence-corrected chi connectivity index (χ1v) is 15.3. The number of ether oxygens (including phenoxy) is 2. The van der Waals surface area contributed by atoms with Crippen LogP contribution in [0.4, 0.5) is 4.79 Å². The highest BCUT2D eigenvalue weighted by Gasteiger charge is 2.41. The zero-order valence-corrected chi connectivity index (χ0v) is 26.2. The summed E-state index contributed by atoms with van der Waals surface area (Å²) in [7, 11) is 0. The molecule has 9 heteroatoms. The lowest BCUT2D eigenvalue weighted by atomic mass is 9.84. The lowest BCUT2D eigenvalue weighted by Gasteiger charge is -2.25. The van der Waals surface area contributed by atoms with Gasteiger partial charge in [-0.1, -0.05) is 40.2 Å². The Labute approximate surface area is 253 Å². The molecular weight excluding hydrogens is 606 g/mol. The quantitative estimate of drug-likeness (QED) is 0.195. The van der Waals surface area contributed by atoms with Crippen LogP contribution in [-0.2, 0) is 11.2 Å². The minimum atomic E-state index is -1.37. The van der Waals surface area contributed by atoms with E-state index in [1.807, 2.05) is 56.5 Å². The van der Waals surface area contributed by atoms with Gasteiger partial charge in [0.25, 0.3) is 0 Å². The van der Waals surface area contributed by atoms with Crippen molar-refractivity contribution in [3.63, 3.8) is 0 Å². The number of rotatable bonds is 9. The Bertz CT molecular complexity index is 1410. The summed E-state index contributed by atoms with van der Waals surface area (Å²) in [6, 6.07) is 18.5. The zero-order chi connectivity index (χ0) is 29.9. The number of aryl methyl sites for hydroxylation is 2. The number of ketones is 1. The number of Topliss-reactive ketones (excluding diaryl/α,β-unsaturated/α-hetero) is 1. The molecule has 1 saturated heterocycles. The van der Waals surface area contributed by atoms with E-state index in [2.05, 4.69) is 15.9 Å². The molecule has 1 heterocycles. The Balaban J connectivity index is 1.59. The number of carbonyl (C=O) groups excluding carboxylic acids is 2. The molecule has 3 aromatic rings. The topological polar surface area (TPSA) is 93.1 Å². The molecule has 0 saturated carbocycles. The van der Waals surface area contributed by atoms with Crippen molar-refractivity contribution in [2.24, 2.45) is 11.8 Å². The molecule has 1 amide bonds. The normalized spacial score (nSPS) is 16.9. The molecule has 0 bridgehead atoms. The first-order chi connectivity index (χ1) is 19.4. The van der Waals surface area contributed by atoms with Crippen LogP contribution < -0.4 is 9.47 Å². The van der Waals surface area contributed by atoms with Crippen molar-refractivity contribution in [1.82, 2.24) is 4.90 Å². The average Bonchev–Trinajstić information content (AvgIpc) is 3.35. The summed E-state index contributed by atoms with van der Waals surface area (Å²) in [5.41, 5.74) is 1.86. The van der Waals surface area contributed by atoms with Gasteiger partial charge in [0.15, 0.2) is 11.4 Å². The lowest BCUT2D eigenvalue weighted by Crippen LogP contribution is -2.38. The van der Waals surface area contributed by atoms with Gasteiger partial charge in [-0.25, -0.2) is 9.59 Å². The molecule has 4 rings (SSSR count). The molecule has 7 nitrogen and oxygen atoms in total. The van der Waals surface area contributed by atoms with Crippen molar-refractivity contribution in [1.29, 1.82) is 0 Å². The van der Waals surface area contributed by atoms with E-state index in [1.165, 1.54) is 13.8 Å². The molecule has 0 aliphatic carbocycles. The summed E-state index contributed by atoms with van der Waals surface area (Å²) < 4.78 is 12.4. The maximum Gasteiger partial charge on any atom is 0.415 e. The van der Waals surface area contributed by atoms with Gasteiger partial charge in [-0.15, -0.1) is 11.8 Å². The van der Waals surface area contributed by atoms with E-state index < -0.39 is 23.6 Å². The second-order valence-electron chi connectivity index (χ2n) is 10.9. The van der Waals surface area contributed by atoms with Crippen LogP contribution in [0.15, 0.2) is 70.0 Å². The van der Waals surface area contributed by atoms with Gasteiger partial charge in [0.05, 0.1) is 0 Å². The number of aliphatic carboxylic acids is 1. The summed E-state index contributed by atoms with van der Waals surface area (Å²) in [6.45, 7) is 7.44. The van der Waals surface area contributed by atoms with Crippen molar-refractivity contribution in [3.05, 3.63) is 87.4 Å². The van der Waals surface area contributed by atoms with Crippen LogP contribution in [0.2, 0.25) is 0 Å². The molecule has 3 aromatic carbocycles. The fraction of sp³-hybridized carbons (Fsp3) is 0.344. The molecule has 1 fully saturated rings. The van der Waals surface area contributed by atoms with Crippen LogP contribution in [0.25, 0.3) is 0 Å². The maximum absolute atomic E-state index is 13.8. The van der Waals surface area contributed by atoms with E-state index >= 15 is 0 Å². The Morgan fingerprint density at radius 3 is 2.17 bits per heavy atom. The highest BCUT2D eigenvalue weighted by atomic mass is 79.9. The van der Waals surface area contributed by atoms with Crippen LogP contribution in [0.5, 0.6) is 11.5 Å². The molecule has 1 aliphatic rings. The summed E-state index contributed by atoms with van der Waals surface area (Å²) >= 11 is 5.00. The largest absolute Gasteiger partial charge is 0.478 e. The van der Waals surface area contributed by atoms with E-state index in [1.54, 1.807) is 40.9 Å². The van der Waals surface area contributed by atoms with Crippen molar-refractivity contribution < 1.29 is 29.0 Å². The standard InChI is InChI=1S/C32H34BrNO6S/c1-19-14-21(15-20(2)29(19)40-32(3,4)30(36)37)16-23-17-34(31(38)39-25-10-8-24(33)9-11-25)18-27(23)28(35)22-6-12-26(41-5)13-7-22/h6-15,23,27H,16-18H2,1-5H3,(H,36,37)/t23-,27-/m1/s1. The number of carboxylic acid groups (broad SMARTS) is 1. The first kappa shape index (κ1) is 30.7. The van der Waals surface area contributed by atoms with Crippen molar-refractivity contribution >= 4 is 45.5 Å². The third-order valence-electron chi connectivity index (χ3n) is 7.32. The maximum atomic E-state index is 13.8. The number of carboxylic acids is 1. The van der Waals surface area contributed by atoms with Gasteiger partial charge in [-0.3, -0.25) is 4.79 Å². The van der Waals surface area contributed by atoms with E-state index in [0.29, 0.717) is 30.0 Å². The van der Waals surface area contributed by atoms with Gasteiger partial charge in [0, 0.05) is 33.9 Å². The minimum absolute atomic E-state index is 0.00167. The molecule has 0 aromatic heterocycles. The molecule has 0 radical (unpaired) electrons. The number of thioether (sulfide) groups is 1. The van der Waals surface area contributed by atoms with E-state index in [0.717, 1.165) is 26.1 Å². The molecule has 0 spiro atoms. The summed E-state index contributed by atoms with van der Waals surface area (Å²) in [6.07, 6.45) is 2.06. The van der Waals surface area contributed by atoms with Gasteiger partial charge in [-0.05, 0) is 99.4 Å². The van der Waals surface area contributed by atoms with Gasteiger partial charge in [0.2, 0.25) is 0 Å². The highest BCUT2D eigenvalue weighted by Crippen LogP contribution is 2.34. The molecule has 2 atom stereocenters. The van der Waals surface area contributed by atoms with Crippen molar-refractivity contribution in [3.8, 4) is 11.5 Å². The SMILES string of the molecule is CSc1ccc(C(=O)[C@@H]2CN(C(=O)Oc3ccc(Br)cc3)C[C@H]2Cc2cc(C)c(OC(C)(C)C(=O)O)c(C)c2)cc1. The summed E-state index contributed by atoms with van der Waals surface area (Å²) in [4.78, 5) is 41.2. The van der Waals surface area contributed by atoms with Crippen molar-refractivity contribution in [2.45, 2.75) is 44.6 Å². The second kappa shape index (κ2) is 12.7. The van der Waals surface area contributed by atoms with Crippen LogP contribution in [0.3, 0.4) is 0 Å². The van der Waals surface area contributed by atoms with Gasteiger partial charge in [0.1, 0.15) is 11.5 Å². The number of hydrogen-bond donors (Lipinski definition) is 1. The second-order valence-corrected chi connectivity index (χ2v) is 12.7. The minimum Gasteiger partial charge on any atom is -0.478 e. The fourth-order valence-corrected chi connectivity index (χ4v) is 5.75.